The van der Waals surface area contributed by atoms with Crippen molar-refractivity contribution < 1.29 is 4.79 Å². The molecule has 0 aromatic carbocycles. The molecule has 1 atom stereocenters. The van der Waals surface area contributed by atoms with Crippen LogP contribution in [0, 0.1) is 0 Å². The van der Waals surface area contributed by atoms with Gasteiger partial charge in [0.25, 0.3) is 0 Å². The summed E-state index contributed by atoms with van der Waals surface area (Å²) in [6, 6.07) is 0. The molecular weight excluding hydrogens is 140 g/mol. The van der Waals surface area contributed by atoms with Crippen molar-refractivity contribution in [2.75, 3.05) is 6.54 Å². The lowest BCUT2D eigenvalue weighted by Gasteiger charge is -2.31. The van der Waals surface area contributed by atoms with Crippen molar-refractivity contribution >= 4 is 5.91 Å². The highest BCUT2D eigenvalue weighted by Gasteiger charge is 2.34. The molecule has 1 fully saturated rings. The van der Waals surface area contributed by atoms with Crippen LogP contribution in [-0.4, -0.2) is 18.0 Å². The monoisotopic (exact) mass is 156 g/mol. The average molecular weight is 156 g/mol. The number of nitrogens with one attached hydrogen (secondary N) is 1. The highest BCUT2D eigenvalue weighted by atomic mass is 16.2. The maximum absolute atomic E-state index is 11.3. The second-order valence-corrected chi connectivity index (χ2v) is 3.27. The molecule has 1 amide bonds. The molecule has 0 radical (unpaired) electrons. The first kappa shape index (κ1) is 8.53. The molecule has 0 aromatic rings. The molecule has 1 aliphatic heterocycles. The first-order chi connectivity index (χ1) is 5.19. The van der Waals surface area contributed by atoms with Gasteiger partial charge in [-0.25, -0.2) is 0 Å². The van der Waals surface area contributed by atoms with E-state index in [-0.39, 0.29) is 5.91 Å². The number of hydrogen-bond donors (Lipinski definition) is 2. The standard InChI is InChI=1S/C8H16N2O/c1-2-4-8(9)5-3-6-10-7(8)11/h2-6,9H2,1H3,(H,10,11). The minimum Gasteiger partial charge on any atom is -0.355 e. The fraction of sp³-hybridized carbons (Fsp3) is 0.875. The van der Waals surface area contributed by atoms with Gasteiger partial charge in [-0.05, 0) is 19.3 Å². The Labute approximate surface area is 67.3 Å². The molecule has 0 saturated carbocycles. The van der Waals surface area contributed by atoms with Crippen LogP contribution in [0.5, 0.6) is 0 Å². The fourth-order valence-corrected chi connectivity index (χ4v) is 1.58. The van der Waals surface area contributed by atoms with Crippen LogP contribution >= 0.6 is 0 Å². The van der Waals surface area contributed by atoms with Crippen molar-refractivity contribution in [1.82, 2.24) is 5.32 Å². The van der Waals surface area contributed by atoms with E-state index in [0.717, 1.165) is 32.2 Å². The molecule has 1 rings (SSSR count). The van der Waals surface area contributed by atoms with Crippen molar-refractivity contribution in [1.29, 1.82) is 0 Å². The van der Waals surface area contributed by atoms with Gasteiger partial charge < -0.3 is 11.1 Å². The quantitative estimate of drug-likeness (QED) is 0.608. The third kappa shape index (κ3) is 1.71. The molecule has 3 heteroatoms. The van der Waals surface area contributed by atoms with Crippen LogP contribution in [0.4, 0.5) is 0 Å². The average Bonchev–Trinajstić information content (AvgIpc) is 1.96. The van der Waals surface area contributed by atoms with Gasteiger partial charge in [-0.2, -0.15) is 0 Å². The predicted molar refractivity (Wildman–Crippen MR) is 44.1 cm³/mol. The third-order valence-electron chi connectivity index (χ3n) is 2.23. The number of carbonyl (C=O) groups excluding carboxylic acids is 1. The molecule has 3 nitrogen and oxygen atoms in total. The van der Waals surface area contributed by atoms with E-state index in [1.165, 1.54) is 0 Å². The molecule has 3 N–H and O–H groups in total. The Balaban J connectivity index is 2.57. The van der Waals surface area contributed by atoms with Crippen molar-refractivity contribution in [3.8, 4) is 0 Å². The Morgan fingerprint density at radius 1 is 1.73 bits per heavy atom. The van der Waals surface area contributed by atoms with E-state index in [4.69, 9.17) is 5.73 Å². The maximum atomic E-state index is 11.3. The van der Waals surface area contributed by atoms with E-state index in [1.807, 2.05) is 0 Å². The molecule has 64 valence electrons. The van der Waals surface area contributed by atoms with Gasteiger partial charge >= 0.3 is 0 Å². The molecule has 1 saturated heterocycles. The van der Waals surface area contributed by atoms with Gasteiger partial charge in [-0.15, -0.1) is 0 Å². The van der Waals surface area contributed by atoms with Crippen LogP contribution in [0.1, 0.15) is 32.6 Å². The van der Waals surface area contributed by atoms with E-state index in [9.17, 15) is 4.79 Å². The Kier molecular flexibility index (Phi) is 2.49. The second kappa shape index (κ2) is 3.22. The number of nitrogens with two attached hydrogens (primary N) is 1. The topological polar surface area (TPSA) is 55.1 Å². The smallest absolute Gasteiger partial charge is 0.240 e. The number of rotatable bonds is 2. The molecule has 11 heavy (non-hydrogen) atoms. The molecule has 1 unspecified atom stereocenters. The molecular formula is C8H16N2O. The first-order valence-corrected chi connectivity index (χ1v) is 4.26. The van der Waals surface area contributed by atoms with Gasteiger partial charge in [0.1, 0.15) is 0 Å². The van der Waals surface area contributed by atoms with Gasteiger partial charge in [-0.1, -0.05) is 13.3 Å². The zero-order valence-corrected chi connectivity index (χ0v) is 7.02. The molecule has 1 heterocycles. The first-order valence-electron chi connectivity index (χ1n) is 4.26. The highest BCUT2D eigenvalue weighted by Crippen LogP contribution is 2.19. The van der Waals surface area contributed by atoms with Gasteiger partial charge in [0.15, 0.2) is 0 Å². The van der Waals surface area contributed by atoms with E-state index >= 15 is 0 Å². The Bertz CT molecular complexity index is 154. The lowest BCUT2D eigenvalue weighted by atomic mass is 9.86. The highest BCUT2D eigenvalue weighted by molar-refractivity contribution is 5.86. The second-order valence-electron chi connectivity index (χ2n) is 3.27. The van der Waals surface area contributed by atoms with Crippen molar-refractivity contribution in [2.45, 2.75) is 38.1 Å². The predicted octanol–water partition coefficient (Wildman–Crippen LogP) is 0.394. The summed E-state index contributed by atoms with van der Waals surface area (Å²) in [6.45, 7) is 2.85. The summed E-state index contributed by atoms with van der Waals surface area (Å²) in [5, 5.41) is 2.79. The Morgan fingerprint density at radius 2 is 2.45 bits per heavy atom. The summed E-state index contributed by atoms with van der Waals surface area (Å²) in [5.41, 5.74) is 5.34. The molecule has 0 aromatic heterocycles. The van der Waals surface area contributed by atoms with Crippen LogP contribution in [0.15, 0.2) is 0 Å². The maximum Gasteiger partial charge on any atom is 0.240 e. The van der Waals surface area contributed by atoms with Crippen molar-refractivity contribution in [3.63, 3.8) is 0 Å². The summed E-state index contributed by atoms with van der Waals surface area (Å²) >= 11 is 0. The lowest BCUT2D eigenvalue weighted by Crippen LogP contribution is -2.57. The van der Waals surface area contributed by atoms with Crippen LogP contribution in [0.2, 0.25) is 0 Å². The molecule has 0 bridgehead atoms. The number of hydrogen-bond acceptors (Lipinski definition) is 2. The summed E-state index contributed by atoms with van der Waals surface area (Å²) < 4.78 is 0. The van der Waals surface area contributed by atoms with Crippen LogP contribution in [0.3, 0.4) is 0 Å². The summed E-state index contributed by atoms with van der Waals surface area (Å²) in [5.74, 6) is 0.0330. The fourth-order valence-electron chi connectivity index (χ4n) is 1.58. The Hall–Kier alpha value is -0.570. The van der Waals surface area contributed by atoms with Gasteiger partial charge in [0.2, 0.25) is 5.91 Å². The van der Waals surface area contributed by atoms with Crippen LogP contribution in [0.25, 0.3) is 0 Å². The molecule has 1 aliphatic rings. The van der Waals surface area contributed by atoms with E-state index < -0.39 is 5.54 Å². The minimum absolute atomic E-state index is 0.0330. The largest absolute Gasteiger partial charge is 0.355 e. The van der Waals surface area contributed by atoms with Crippen molar-refractivity contribution in [2.24, 2.45) is 5.73 Å². The van der Waals surface area contributed by atoms with E-state index in [2.05, 4.69) is 12.2 Å². The van der Waals surface area contributed by atoms with Gasteiger partial charge in [0.05, 0.1) is 5.54 Å². The number of carbonyl (C=O) groups is 1. The zero-order chi connectivity index (χ0) is 8.32. The zero-order valence-electron chi connectivity index (χ0n) is 7.02. The van der Waals surface area contributed by atoms with Crippen LogP contribution in [-0.2, 0) is 4.79 Å². The number of piperidine rings is 1. The summed E-state index contributed by atoms with van der Waals surface area (Å²) in [6.07, 6.45) is 3.64. The van der Waals surface area contributed by atoms with E-state index in [0.29, 0.717) is 0 Å². The summed E-state index contributed by atoms with van der Waals surface area (Å²) in [4.78, 5) is 11.3. The van der Waals surface area contributed by atoms with Crippen LogP contribution < -0.4 is 11.1 Å². The van der Waals surface area contributed by atoms with Gasteiger partial charge in [0, 0.05) is 6.54 Å². The lowest BCUT2D eigenvalue weighted by molar-refractivity contribution is -0.128. The Morgan fingerprint density at radius 3 is 3.00 bits per heavy atom. The van der Waals surface area contributed by atoms with E-state index in [1.54, 1.807) is 0 Å². The SMILES string of the molecule is CCCC1(N)CCCNC1=O. The summed E-state index contributed by atoms with van der Waals surface area (Å²) in [7, 11) is 0. The molecule has 0 aliphatic carbocycles. The van der Waals surface area contributed by atoms with Gasteiger partial charge in [-0.3, -0.25) is 4.79 Å². The third-order valence-corrected chi connectivity index (χ3v) is 2.23. The normalized spacial score (nSPS) is 31.6. The minimum atomic E-state index is -0.562. The molecule has 0 spiro atoms. The number of amides is 1. The van der Waals surface area contributed by atoms with Crippen molar-refractivity contribution in [3.05, 3.63) is 0 Å².